The van der Waals surface area contributed by atoms with Crippen LogP contribution in [-0.2, 0) is 15.7 Å². The monoisotopic (exact) mass is 426 g/mol. The lowest BCUT2D eigenvalue weighted by atomic mass is 10.1. The smallest absolute Gasteiger partial charge is 0.433 e. The molecule has 3 rings (SSSR count). The van der Waals surface area contributed by atoms with E-state index in [2.05, 4.69) is 4.98 Å². The van der Waals surface area contributed by atoms with Crippen LogP contribution in [0.4, 0.5) is 18.0 Å². The number of rotatable bonds is 3. The minimum Gasteiger partial charge on any atom is -0.488 e. The number of hydrogen-bond donors (Lipinski definition) is 1. The van der Waals surface area contributed by atoms with E-state index in [4.69, 9.17) is 9.47 Å². The van der Waals surface area contributed by atoms with E-state index in [0.29, 0.717) is 5.39 Å². The van der Waals surface area contributed by atoms with Crippen molar-refractivity contribution in [2.75, 3.05) is 6.54 Å². The van der Waals surface area contributed by atoms with Crippen LogP contribution in [-0.4, -0.2) is 51.3 Å². The molecule has 30 heavy (non-hydrogen) atoms. The third-order valence-electron chi connectivity index (χ3n) is 4.44. The quantitative estimate of drug-likeness (QED) is 0.795. The number of fused-ring (bicyclic) bond motifs is 1. The van der Waals surface area contributed by atoms with Crippen molar-refractivity contribution in [1.82, 2.24) is 9.88 Å². The molecule has 162 valence electrons. The van der Waals surface area contributed by atoms with Crippen LogP contribution in [0.5, 0.6) is 5.75 Å². The molecule has 0 aliphatic carbocycles. The Hall–Kier alpha value is -3.04. The zero-order chi connectivity index (χ0) is 22.3. The van der Waals surface area contributed by atoms with Crippen molar-refractivity contribution >= 4 is 23.0 Å². The van der Waals surface area contributed by atoms with Crippen molar-refractivity contribution in [2.24, 2.45) is 0 Å². The molecule has 1 N–H and O–H groups in total. The van der Waals surface area contributed by atoms with E-state index in [1.807, 2.05) is 0 Å². The number of amides is 1. The van der Waals surface area contributed by atoms with E-state index in [9.17, 15) is 27.9 Å². The first-order valence-electron chi connectivity index (χ1n) is 9.21. The third-order valence-corrected chi connectivity index (χ3v) is 4.44. The lowest BCUT2D eigenvalue weighted by Gasteiger charge is -2.26. The maximum atomic E-state index is 13.2. The fourth-order valence-electron chi connectivity index (χ4n) is 3.21. The Morgan fingerprint density at radius 2 is 1.87 bits per heavy atom. The van der Waals surface area contributed by atoms with E-state index in [-0.39, 0.29) is 24.2 Å². The zero-order valence-corrected chi connectivity index (χ0v) is 16.6. The van der Waals surface area contributed by atoms with Gasteiger partial charge in [0.2, 0.25) is 0 Å². The largest absolute Gasteiger partial charge is 0.488 e. The van der Waals surface area contributed by atoms with Crippen molar-refractivity contribution in [2.45, 2.75) is 51.1 Å². The number of ether oxygens (including phenoxy) is 2. The highest BCUT2D eigenvalue weighted by molar-refractivity contribution is 5.85. The van der Waals surface area contributed by atoms with Gasteiger partial charge in [-0.05, 0) is 32.9 Å². The summed E-state index contributed by atoms with van der Waals surface area (Å²) in [5.41, 5.74) is -1.85. The maximum Gasteiger partial charge on any atom is 0.433 e. The standard InChI is InChI=1S/C20H21F3N2O5/c1-19(2,3)30-18(28)25-10-11(8-14(25)17(26)27)29-15-9-16(20(21,22)23)24-13-7-5-4-6-12(13)15/h4-7,9,11,14H,8,10H2,1-3H3,(H,26,27). The number of carboxylic acid groups (broad SMARTS) is 1. The summed E-state index contributed by atoms with van der Waals surface area (Å²) in [5, 5.41) is 9.83. The number of carbonyl (C=O) groups is 2. The van der Waals surface area contributed by atoms with Crippen molar-refractivity contribution in [1.29, 1.82) is 0 Å². The second-order valence-corrected chi connectivity index (χ2v) is 7.98. The summed E-state index contributed by atoms with van der Waals surface area (Å²) in [6.45, 7) is 4.80. The third kappa shape index (κ3) is 4.74. The first-order valence-corrected chi connectivity index (χ1v) is 9.21. The molecule has 1 amide bonds. The van der Waals surface area contributed by atoms with Gasteiger partial charge in [-0.3, -0.25) is 4.90 Å². The topological polar surface area (TPSA) is 89.0 Å². The van der Waals surface area contributed by atoms with Crippen molar-refractivity contribution in [3.8, 4) is 5.75 Å². The molecule has 2 unspecified atom stereocenters. The molecule has 1 aliphatic heterocycles. The summed E-state index contributed by atoms with van der Waals surface area (Å²) in [6.07, 6.45) is -6.42. The second-order valence-electron chi connectivity index (χ2n) is 7.98. The van der Waals surface area contributed by atoms with Crippen LogP contribution >= 0.6 is 0 Å². The van der Waals surface area contributed by atoms with E-state index in [1.165, 1.54) is 6.07 Å². The van der Waals surface area contributed by atoms with Gasteiger partial charge < -0.3 is 14.6 Å². The normalized spacial score (nSPS) is 19.7. The fraction of sp³-hybridized carbons (Fsp3) is 0.450. The van der Waals surface area contributed by atoms with Gasteiger partial charge >= 0.3 is 18.2 Å². The minimum absolute atomic E-state index is 0.0758. The number of carboxylic acids is 1. The molecule has 0 saturated carbocycles. The van der Waals surface area contributed by atoms with Gasteiger partial charge in [0.25, 0.3) is 0 Å². The molecule has 2 atom stereocenters. The van der Waals surface area contributed by atoms with Crippen LogP contribution in [0.2, 0.25) is 0 Å². The highest BCUT2D eigenvalue weighted by atomic mass is 19.4. The highest BCUT2D eigenvalue weighted by Crippen LogP contribution is 2.35. The number of halogens is 3. The summed E-state index contributed by atoms with van der Waals surface area (Å²) >= 11 is 0. The van der Waals surface area contributed by atoms with Crippen LogP contribution in [0.15, 0.2) is 30.3 Å². The molecule has 10 heteroatoms. The summed E-state index contributed by atoms with van der Waals surface area (Å²) in [5.74, 6) is -1.32. The van der Waals surface area contributed by atoms with Gasteiger partial charge in [-0.2, -0.15) is 13.2 Å². The molecular formula is C20H21F3N2O5. The number of benzene rings is 1. The molecule has 0 radical (unpaired) electrons. The summed E-state index contributed by atoms with van der Waals surface area (Å²) in [7, 11) is 0. The summed E-state index contributed by atoms with van der Waals surface area (Å²) in [6, 6.07) is 5.76. The first-order chi connectivity index (χ1) is 13.8. The first kappa shape index (κ1) is 21.7. The Bertz CT molecular complexity index is 971. The molecule has 1 aromatic heterocycles. The lowest BCUT2D eigenvalue weighted by molar-refractivity contribution is -0.142. The van der Waals surface area contributed by atoms with Crippen LogP contribution in [0, 0.1) is 0 Å². The van der Waals surface area contributed by atoms with E-state index in [0.717, 1.165) is 11.0 Å². The molecule has 0 bridgehead atoms. The van der Waals surface area contributed by atoms with Gasteiger partial charge in [0.05, 0.1) is 12.1 Å². The van der Waals surface area contributed by atoms with E-state index in [1.54, 1.807) is 39.0 Å². The Balaban J connectivity index is 1.90. The molecule has 1 fully saturated rings. The zero-order valence-electron chi connectivity index (χ0n) is 16.6. The molecular weight excluding hydrogens is 405 g/mol. The number of aliphatic carboxylic acids is 1. The minimum atomic E-state index is -4.68. The highest BCUT2D eigenvalue weighted by Gasteiger charge is 2.43. The Kier molecular flexibility index (Phi) is 5.53. The molecule has 7 nitrogen and oxygen atoms in total. The van der Waals surface area contributed by atoms with Crippen molar-refractivity contribution < 1.29 is 37.3 Å². The fourth-order valence-corrected chi connectivity index (χ4v) is 3.21. The molecule has 1 aliphatic rings. The van der Waals surface area contributed by atoms with Crippen molar-refractivity contribution in [3.05, 3.63) is 36.0 Å². The molecule has 0 spiro atoms. The van der Waals surface area contributed by atoms with Gasteiger partial charge in [0.1, 0.15) is 29.2 Å². The Morgan fingerprint density at radius 3 is 2.47 bits per heavy atom. The van der Waals surface area contributed by atoms with Gasteiger partial charge in [-0.25, -0.2) is 14.6 Å². The summed E-state index contributed by atoms with van der Waals surface area (Å²) in [4.78, 5) is 28.7. The van der Waals surface area contributed by atoms with Crippen LogP contribution in [0.3, 0.4) is 0 Å². The molecule has 1 aromatic carbocycles. The molecule has 1 saturated heterocycles. The van der Waals surface area contributed by atoms with Gasteiger partial charge in [-0.15, -0.1) is 0 Å². The number of hydrogen-bond acceptors (Lipinski definition) is 5. The van der Waals surface area contributed by atoms with Crippen LogP contribution in [0.1, 0.15) is 32.9 Å². The Labute approximate surface area is 170 Å². The van der Waals surface area contributed by atoms with Crippen molar-refractivity contribution in [3.63, 3.8) is 0 Å². The number of para-hydroxylation sites is 1. The number of alkyl halides is 3. The van der Waals surface area contributed by atoms with Gasteiger partial charge in [0.15, 0.2) is 0 Å². The van der Waals surface area contributed by atoms with Crippen LogP contribution < -0.4 is 4.74 Å². The predicted octanol–water partition coefficient (Wildman–Crippen LogP) is 4.10. The SMILES string of the molecule is CC(C)(C)OC(=O)N1CC(Oc2cc(C(F)(F)F)nc3ccccc23)CC1C(=O)O. The maximum absolute atomic E-state index is 13.2. The van der Waals surface area contributed by atoms with Gasteiger partial charge in [0, 0.05) is 17.9 Å². The second kappa shape index (κ2) is 7.66. The number of likely N-dealkylation sites (tertiary alicyclic amines) is 1. The van der Waals surface area contributed by atoms with E-state index < -0.39 is 41.7 Å². The number of pyridine rings is 1. The molecule has 2 heterocycles. The number of carbonyl (C=O) groups excluding carboxylic acids is 1. The van der Waals surface area contributed by atoms with Gasteiger partial charge in [-0.1, -0.05) is 12.1 Å². The predicted molar refractivity (Wildman–Crippen MR) is 100 cm³/mol. The Morgan fingerprint density at radius 1 is 1.20 bits per heavy atom. The van der Waals surface area contributed by atoms with E-state index >= 15 is 0 Å². The number of nitrogens with zero attached hydrogens (tertiary/aromatic N) is 2. The number of aromatic nitrogens is 1. The molecule has 2 aromatic rings. The lowest BCUT2D eigenvalue weighted by Crippen LogP contribution is -2.43. The average Bonchev–Trinajstić information content (AvgIpc) is 3.04. The summed E-state index contributed by atoms with van der Waals surface area (Å²) < 4.78 is 50.7. The van der Waals surface area contributed by atoms with Crippen LogP contribution in [0.25, 0.3) is 10.9 Å². The average molecular weight is 426 g/mol.